The number of thiophene rings is 1. The van der Waals surface area contributed by atoms with E-state index in [2.05, 4.69) is 32.0 Å². The van der Waals surface area contributed by atoms with E-state index in [4.69, 9.17) is 5.11 Å². The highest BCUT2D eigenvalue weighted by molar-refractivity contribution is 7.09. The van der Waals surface area contributed by atoms with Crippen molar-refractivity contribution in [3.8, 4) is 0 Å². The molecule has 0 bridgehead atoms. The van der Waals surface area contributed by atoms with Crippen molar-refractivity contribution in [2.45, 2.75) is 25.3 Å². The quantitative estimate of drug-likeness (QED) is 0.730. The minimum Gasteiger partial charge on any atom is -0.395 e. The van der Waals surface area contributed by atoms with Crippen molar-refractivity contribution in [3.63, 3.8) is 0 Å². The van der Waals surface area contributed by atoms with Crippen molar-refractivity contribution >= 4 is 23.1 Å². The predicted octanol–water partition coefficient (Wildman–Crippen LogP) is 2.43. The fourth-order valence-electron chi connectivity index (χ4n) is 1.98. The van der Waals surface area contributed by atoms with Crippen molar-refractivity contribution < 1.29 is 5.11 Å². The first-order valence-electron chi connectivity index (χ1n) is 6.85. The fraction of sp³-hybridized carbons (Fsp3) is 0.429. The molecule has 1 aliphatic rings. The second-order valence-electron chi connectivity index (χ2n) is 4.86. The minimum absolute atomic E-state index is 0.0783. The number of rotatable bonds is 7. The molecular weight excluding hydrogens is 272 g/mol. The first kappa shape index (κ1) is 13.3. The number of anilines is 2. The molecule has 1 fully saturated rings. The monoisotopic (exact) mass is 290 g/mol. The summed E-state index contributed by atoms with van der Waals surface area (Å²) in [5.74, 6) is 2.02. The number of hydrogen-bond donors (Lipinski definition) is 3. The van der Waals surface area contributed by atoms with Crippen molar-refractivity contribution in [1.82, 2.24) is 9.97 Å². The number of nitrogens with zero attached hydrogens (tertiary/aromatic N) is 2. The Labute approximate surface area is 122 Å². The maximum Gasteiger partial charge on any atom is 0.224 e. The molecule has 2 heterocycles. The van der Waals surface area contributed by atoms with Gasteiger partial charge >= 0.3 is 0 Å². The van der Waals surface area contributed by atoms with Crippen LogP contribution in [-0.4, -0.2) is 28.2 Å². The van der Waals surface area contributed by atoms with E-state index < -0.39 is 0 Å². The van der Waals surface area contributed by atoms with Crippen molar-refractivity contribution in [3.05, 3.63) is 34.2 Å². The van der Waals surface area contributed by atoms with Crippen LogP contribution in [0.3, 0.4) is 0 Å². The van der Waals surface area contributed by atoms with Gasteiger partial charge in [-0.25, -0.2) is 4.98 Å². The molecule has 0 radical (unpaired) electrons. The Morgan fingerprint density at radius 2 is 2.20 bits per heavy atom. The number of hydrogen-bond acceptors (Lipinski definition) is 6. The summed E-state index contributed by atoms with van der Waals surface area (Å²) in [6.07, 6.45) is 2.42. The number of aromatic nitrogens is 2. The molecule has 1 aliphatic carbocycles. The Morgan fingerprint density at radius 3 is 2.90 bits per heavy atom. The molecule has 2 aromatic heterocycles. The lowest BCUT2D eigenvalue weighted by molar-refractivity contribution is 0.311. The molecule has 0 amide bonds. The van der Waals surface area contributed by atoms with Gasteiger partial charge in [0.2, 0.25) is 5.95 Å². The SMILES string of the molecule is OCCNc1nc(NCc2cccs2)cc(C2CC2)n1. The predicted molar refractivity (Wildman–Crippen MR) is 81.2 cm³/mol. The van der Waals surface area contributed by atoms with Gasteiger partial charge in [0, 0.05) is 23.4 Å². The first-order chi connectivity index (χ1) is 9.85. The largest absolute Gasteiger partial charge is 0.395 e. The molecule has 0 aliphatic heterocycles. The molecule has 0 aromatic carbocycles. The molecule has 0 unspecified atom stereocenters. The summed E-state index contributed by atoms with van der Waals surface area (Å²) in [7, 11) is 0. The van der Waals surface area contributed by atoms with Gasteiger partial charge in [-0.3, -0.25) is 0 Å². The van der Waals surface area contributed by atoms with E-state index in [0.717, 1.165) is 18.1 Å². The molecule has 6 heteroatoms. The molecule has 106 valence electrons. The second kappa shape index (κ2) is 6.19. The average Bonchev–Trinajstić information content (AvgIpc) is 3.20. The summed E-state index contributed by atoms with van der Waals surface area (Å²) in [4.78, 5) is 10.2. The first-order valence-corrected chi connectivity index (χ1v) is 7.73. The highest BCUT2D eigenvalue weighted by Gasteiger charge is 2.26. The van der Waals surface area contributed by atoms with E-state index in [1.54, 1.807) is 11.3 Å². The van der Waals surface area contributed by atoms with Gasteiger partial charge in [0.25, 0.3) is 0 Å². The maximum atomic E-state index is 8.88. The molecule has 3 N–H and O–H groups in total. The number of nitrogens with one attached hydrogen (secondary N) is 2. The van der Waals surface area contributed by atoms with Crippen LogP contribution >= 0.6 is 11.3 Å². The van der Waals surface area contributed by atoms with Gasteiger partial charge in [-0.05, 0) is 24.3 Å². The van der Waals surface area contributed by atoms with E-state index in [0.29, 0.717) is 18.4 Å². The zero-order valence-electron chi connectivity index (χ0n) is 11.2. The van der Waals surface area contributed by atoms with Crippen LogP contribution < -0.4 is 10.6 Å². The van der Waals surface area contributed by atoms with Crippen LogP contribution in [0.1, 0.15) is 29.3 Å². The molecule has 0 saturated heterocycles. The molecule has 0 atom stereocenters. The van der Waals surface area contributed by atoms with E-state index >= 15 is 0 Å². The Morgan fingerprint density at radius 1 is 1.30 bits per heavy atom. The summed E-state index contributed by atoms with van der Waals surface area (Å²) in [5.41, 5.74) is 1.09. The zero-order valence-corrected chi connectivity index (χ0v) is 12.0. The van der Waals surface area contributed by atoms with Gasteiger partial charge < -0.3 is 15.7 Å². The Hall–Kier alpha value is -1.66. The summed E-state index contributed by atoms with van der Waals surface area (Å²) in [6, 6.07) is 6.19. The van der Waals surface area contributed by atoms with Gasteiger partial charge in [-0.15, -0.1) is 11.3 Å². The highest BCUT2D eigenvalue weighted by atomic mass is 32.1. The van der Waals surface area contributed by atoms with Crippen LogP contribution in [0.15, 0.2) is 23.6 Å². The molecule has 2 aromatic rings. The topological polar surface area (TPSA) is 70.1 Å². The van der Waals surface area contributed by atoms with Crippen LogP contribution in [0, 0.1) is 0 Å². The zero-order chi connectivity index (χ0) is 13.8. The van der Waals surface area contributed by atoms with Gasteiger partial charge in [0.1, 0.15) is 5.82 Å². The molecule has 3 rings (SSSR count). The summed E-state index contributed by atoms with van der Waals surface area (Å²) in [5, 5.41) is 17.3. The van der Waals surface area contributed by atoms with Gasteiger partial charge in [0.05, 0.1) is 18.8 Å². The Balaban J connectivity index is 1.72. The van der Waals surface area contributed by atoms with E-state index in [9.17, 15) is 0 Å². The molecule has 0 spiro atoms. The molecular formula is C14H18N4OS. The maximum absolute atomic E-state index is 8.88. The average molecular weight is 290 g/mol. The van der Waals surface area contributed by atoms with Crippen molar-refractivity contribution in [2.24, 2.45) is 0 Å². The normalized spacial score (nSPS) is 14.2. The van der Waals surface area contributed by atoms with Crippen LogP contribution in [0.4, 0.5) is 11.8 Å². The second-order valence-corrected chi connectivity index (χ2v) is 5.89. The lowest BCUT2D eigenvalue weighted by atomic mass is 10.3. The summed E-state index contributed by atoms with van der Waals surface area (Å²) in [6.45, 7) is 1.33. The Kier molecular flexibility index (Phi) is 4.13. The number of aliphatic hydroxyl groups is 1. The summed E-state index contributed by atoms with van der Waals surface area (Å²) >= 11 is 1.73. The van der Waals surface area contributed by atoms with Crippen molar-refractivity contribution in [2.75, 3.05) is 23.8 Å². The van der Waals surface area contributed by atoms with E-state index in [-0.39, 0.29) is 6.61 Å². The third kappa shape index (κ3) is 3.46. The smallest absolute Gasteiger partial charge is 0.224 e. The van der Waals surface area contributed by atoms with Crippen LogP contribution in [0.2, 0.25) is 0 Å². The third-order valence-corrected chi connectivity index (χ3v) is 4.04. The Bertz CT molecular complexity index is 554. The van der Waals surface area contributed by atoms with E-state index in [1.165, 1.54) is 17.7 Å². The summed E-state index contributed by atoms with van der Waals surface area (Å²) < 4.78 is 0. The molecule has 20 heavy (non-hydrogen) atoms. The standard InChI is InChI=1S/C14H18N4OS/c19-6-5-15-14-17-12(10-3-4-10)8-13(18-14)16-9-11-2-1-7-20-11/h1-2,7-8,10,19H,3-6,9H2,(H2,15,16,17,18). The van der Waals surface area contributed by atoms with Gasteiger partial charge in [0.15, 0.2) is 0 Å². The third-order valence-electron chi connectivity index (χ3n) is 3.16. The lowest BCUT2D eigenvalue weighted by Crippen LogP contribution is -2.11. The van der Waals surface area contributed by atoms with Crippen LogP contribution in [0.25, 0.3) is 0 Å². The van der Waals surface area contributed by atoms with Crippen molar-refractivity contribution in [1.29, 1.82) is 0 Å². The van der Waals surface area contributed by atoms with Crippen LogP contribution in [0.5, 0.6) is 0 Å². The minimum atomic E-state index is 0.0783. The van der Waals surface area contributed by atoms with Crippen LogP contribution in [-0.2, 0) is 6.54 Å². The van der Waals surface area contributed by atoms with E-state index in [1.807, 2.05) is 12.1 Å². The molecule has 5 nitrogen and oxygen atoms in total. The fourth-order valence-corrected chi connectivity index (χ4v) is 2.63. The number of aliphatic hydroxyl groups excluding tert-OH is 1. The van der Waals surface area contributed by atoms with Gasteiger partial charge in [-0.2, -0.15) is 4.98 Å². The lowest BCUT2D eigenvalue weighted by Gasteiger charge is -2.10. The molecule has 1 saturated carbocycles. The van der Waals surface area contributed by atoms with Gasteiger partial charge in [-0.1, -0.05) is 6.07 Å². The highest BCUT2D eigenvalue weighted by Crippen LogP contribution is 2.39.